The zero-order chi connectivity index (χ0) is 6.57. The molecule has 8 heavy (non-hydrogen) atoms. The molecule has 1 nitrogen and oxygen atoms in total. The van der Waals surface area contributed by atoms with Crippen molar-refractivity contribution in [1.29, 1.82) is 0 Å². The Labute approximate surface area is 50.1 Å². The van der Waals surface area contributed by atoms with Gasteiger partial charge in [0, 0.05) is 6.04 Å². The van der Waals surface area contributed by atoms with Crippen LogP contribution in [0.1, 0.15) is 20.3 Å². The van der Waals surface area contributed by atoms with Gasteiger partial charge < -0.3 is 5.73 Å². The Balaban J connectivity index is 3.10. The monoisotopic (exact) mass is 119 g/mol. The van der Waals surface area contributed by atoms with E-state index >= 15 is 0 Å². The van der Waals surface area contributed by atoms with Crippen LogP contribution in [0.2, 0.25) is 0 Å². The number of rotatable bonds is 3. The zero-order valence-electron chi connectivity index (χ0n) is 5.52. The first-order chi connectivity index (χ1) is 3.66. The highest BCUT2D eigenvalue weighted by atomic mass is 19.1. The molecule has 0 aliphatic heterocycles. The van der Waals surface area contributed by atoms with E-state index in [4.69, 9.17) is 5.73 Å². The van der Waals surface area contributed by atoms with Crippen molar-refractivity contribution in [3.63, 3.8) is 0 Å². The highest BCUT2D eigenvalue weighted by Gasteiger charge is 2.02. The molecule has 1 atom stereocenters. The Morgan fingerprint density at radius 2 is 2.00 bits per heavy atom. The Hall–Kier alpha value is -0.110. The van der Waals surface area contributed by atoms with Gasteiger partial charge in [-0.15, -0.1) is 0 Å². The minimum atomic E-state index is -0.391. The molecule has 0 saturated heterocycles. The topological polar surface area (TPSA) is 26.0 Å². The van der Waals surface area contributed by atoms with Gasteiger partial charge in [0.1, 0.15) is 6.67 Å². The molecule has 0 aliphatic carbocycles. The van der Waals surface area contributed by atoms with Crippen LogP contribution in [-0.2, 0) is 0 Å². The van der Waals surface area contributed by atoms with Crippen molar-refractivity contribution in [2.45, 2.75) is 26.3 Å². The highest BCUT2D eigenvalue weighted by molar-refractivity contribution is 4.60. The summed E-state index contributed by atoms with van der Waals surface area (Å²) in [6.07, 6.45) is 0.788. The summed E-state index contributed by atoms with van der Waals surface area (Å²) in [4.78, 5) is 0. The second-order valence-electron chi connectivity index (χ2n) is 2.54. The van der Waals surface area contributed by atoms with Crippen molar-refractivity contribution in [3.05, 3.63) is 0 Å². The molecule has 0 aromatic rings. The number of alkyl halides is 1. The molecule has 0 rings (SSSR count). The van der Waals surface area contributed by atoms with Crippen LogP contribution in [0.15, 0.2) is 0 Å². The molecule has 0 radical (unpaired) electrons. The fraction of sp³-hybridized carbons (Fsp3) is 1.00. The van der Waals surface area contributed by atoms with Gasteiger partial charge >= 0.3 is 0 Å². The fourth-order valence-electron chi connectivity index (χ4n) is 0.668. The number of halogens is 1. The molecule has 0 saturated carbocycles. The van der Waals surface area contributed by atoms with Crippen LogP contribution in [0.25, 0.3) is 0 Å². The maximum absolute atomic E-state index is 11.6. The second kappa shape index (κ2) is 3.84. The molecule has 0 aromatic carbocycles. The lowest BCUT2D eigenvalue weighted by atomic mass is 10.1. The number of hydrogen-bond acceptors (Lipinski definition) is 1. The van der Waals surface area contributed by atoms with Gasteiger partial charge in [0.15, 0.2) is 0 Å². The van der Waals surface area contributed by atoms with Crippen LogP contribution < -0.4 is 5.73 Å². The van der Waals surface area contributed by atoms with Gasteiger partial charge in [-0.25, -0.2) is 4.39 Å². The van der Waals surface area contributed by atoms with Crippen molar-refractivity contribution in [1.82, 2.24) is 0 Å². The van der Waals surface area contributed by atoms with Crippen LogP contribution in [0.4, 0.5) is 4.39 Å². The normalized spacial score (nSPS) is 14.6. The third-order valence-corrected chi connectivity index (χ3v) is 0.972. The van der Waals surface area contributed by atoms with Gasteiger partial charge in [-0.2, -0.15) is 0 Å². The molecule has 0 heterocycles. The highest BCUT2D eigenvalue weighted by Crippen LogP contribution is 2.01. The quantitative estimate of drug-likeness (QED) is 0.596. The van der Waals surface area contributed by atoms with Crippen molar-refractivity contribution < 1.29 is 4.39 Å². The van der Waals surface area contributed by atoms with E-state index in [2.05, 4.69) is 0 Å². The largest absolute Gasteiger partial charge is 0.325 e. The van der Waals surface area contributed by atoms with E-state index in [-0.39, 0.29) is 6.04 Å². The first-order valence-electron chi connectivity index (χ1n) is 2.98. The number of nitrogens with two attached hydrogens (primary N) is 1. The summed E-state index contributed by atoms with van der Waals surface area (Å²) in [5, 5.41) is 0. The van der Waals surface area contributed by atoms with Crippen molar-refractivity contribution in [3.8, 4) is 0 Å². The first-order valence-corrected chi connectivity index (χ1v) is 2.98. The Morgan fingerprint density at radius 3 is 2.12 bits per heavy atom. The molecule has 2 N–H and O–H groups in total. The average molecular weight is 119 g/mol. The lowest BCUT2D eigenvalue weighted by Gasteiger charge is -2.08. The predicted octanol–water partition coefficient (Wildman–Crippen LogP) is 1.33. The van der Waals surface area contributed by atoms with Crippen molar-refractivity contribution in [2.24, 2.45) is 11.7 Å². The van der Waals surface area contributed by atoms with Gasteiger partial charge in [0.2, 0.25) is 0 Å². The fourth-order valence-corrected chi connectivity index (χ4v) is 0.668. The van der Waals surface area contributed by atoms with E-state index in [0.29, 0.717) is 5.92 Å². The maximum Gasteiger partial charge on any atom is 0.104 e. The number of hydrogen-bond donors (Lipinski definition) is 1. The first kappa shape index (κ1) is 7.89. The van der Waals surface area contributed by atoms with Crippen molar-refractivity contribution in [2.75, 3.05) is 6.67 Å². The van der Waals surface area contributed by atoms with Crippen molar-refractivity contribution >= 4 is 0 Å². The lowest BCUT2D eigenvalue weighted by molar-refractivity contribution is 0.381. The summed E-state index contributed by atoms with van der Waals surface area (Å²) in [7, 11) is 0. The van der Waals surface area contributed by atoms with Gasteiger partial charge in [0.05, 0.1) is 0 Å². The van der Waals surface area contributed by atoms with E-state index in [0.717, 1.165) is 6.42 Å². The summed E-state index contributed by atoms with van der Waals surface area (Å²) in [6, 6.07) is -0.241. The Morgan fingerprint density at radius 1 is 1.50 bits per heavy atom. The average Bonchev–Trinajstić information content (AvgIpc) is 1.65. The lowest BCUT2D eigenvalue weighted by Crippen LogP contribution is -2.23. The second-order valence-corrected chi connectivity index (χ2v) is 2.54. The third kappa shape index (κ3) is 4.06. The SMILES string of the molecule is CC(C)C[C@H](N)CF. The smallest absolute Gasteiger partial charge is 0.104 e. The Bertz CT molecular complexity index is 54.5. The molecular weight excluding hydrogens is 105 g/mol. The van der Waals surface area contributed by atoms with Crippen LogP contribution in [0.5, 0.6) is 0 Å². The van der Waals surface area contributed by atoms with Crippen LogP contribution in [0.3, 0.4) is 0 Å². The molecule has 0 amide bonds. The van der Waals surface area contributed by atoms with Crippen LogP contribution in [0, 0.1) is 5.92 Å². The molecule has 2 heteroatoms. The predicted molar refractivity (Wildman–Crippen MR) is 33.4 cm³/mol. The molecule has 0 spiro atoms. The minimum absolute atomic E-state index is 0.241. The van der Waals surface area contributed by atoms with E-state index in [9.17, 15) is 4.39 Å². The molecule has 0 bridgehead atoms. The zero-order valence-corrected chi connectivity index (χ0v) is 5.52. The standard InChI is InChI=1S/C6H14FN/c1-5(2)3-6(8)4-7/h5-6H,3-4,8H2,1-2H3/t6-/m0/s1. The summed E-state index contributed by atoms with van der Waals surface area (Å²) in [5.41, 5.74) is 5.30. The summed E-state index contributed by atoms with van der Waals surface area (Å²) in [6.45, 7) is 3.68. The van der Waals surface area contributed by atoms with Gasteiger partial charge in [-0.05, 0) is 12.3 Å². The van der Waals surface area contributed by atoms with E-state index in [1.54, 1.807) is 0 Å². The molecule has 0 fully saturated rings. The Kier molecular flexibility index (Phi) is 3.79. The summed E-state index contributed by atoms with van der Waals surface area (Å²) < 4.78 is 11.6. The van der Waals surface area contributed by atoms with E-state index in [1.165, 1.54) is 0 Å². The molecule has 0 aromatic heterocycles. The van der Waals surface area contributed by atoms with Gasteiger partial charge in [0.25, 0.3) is 0 Å². The van der Waals surface area contributed by atoms with Gasteiger partial charge in [-0.3, -0.25) is 0 Å². The summed E-state index contributed by atoms with van der Waals surface area (Å²) in [5.74, 6) is 0.515. The molecule has 50 valence electrons. The third-order valence-electron chi connectivity index (χ3n) is 0.972. The van der Waals surface area contributed by atoms with Gasteiger partial charge in [-0.1, -0.05) is 13.8 Å². The van der Waals surface area contributed by atoms with E-state index in [1.807, 2.05) is 13.8 Å². The molecule has 0 unspecified atom stereocenters. The molecular formula is C6H14FN. The van der Waals surface area contributed by atoms with Crippen LogP contribution >= 0.6 is 0 Å². The maximum atomic E-state index is 11.6. The molecule has 0 aliphatic rings. The minimum Gasteiger partial charge on any atom is -0.325 e. The van der Waals surface area contributed by atoms with E-state index < -0.39 is 6.67 Å². The van der Waals surface area contributed by atoms with Crippen LogP contribution in [-0.4, -0.2) is 12.7 Å². The summed E-state index contributed by atoms with van der Waals surface area (Å²) >= 11 is 0.